The summed E-state index contributed by atoms with van der Waals surface area (Å²) in [5.41, 5.74) is 3.81. The Morgan fingerprint density at radius 1 is 1.09 bits per heavy atom. The molecule has 2 N–H and O–H groups in total. The first-order valence-electron chi connectivity index (χ1n) is 10.7. The Labute approximate surface area is 196 Å². The van der Waals surface area contributed by atoms with Gasteiger partial charge in [-0.25, -0.2) is 8.42 Å². The second kappa shape index (κ2) is 8.28. The number of aryl methyl sites for hydroxylation is 1. The van der Waals surface area contributed by atoms with E-state index in [2.05, 4.69) is 10.3 Å². The molecule has 3 aromatic rings. The normalized spacial score (nSPS) is 20.2. The number of aromatic nitrogens is 1. The van der Waals surface area contributed by atoms with Gasteiger partial charge in [-0.15, -0.1) is 0 Å². The van der Waals surface area contributed by atoms with E-state index in [4.69, 9.17) is 23.2 Å². The number of carbonyl (C=O) groups is 1. The predicted molar refractivity (Wildman–Crippen MR) is 128 cm³/mol. The number of rotatable bonds is 3. The van der Waals surface area contributed by atoms with Crippen LogP contribution in [-0.2, 0) is 16.4 Å². The van der Waals surface area contributed by atoms with Gasteiger partial charge in [0, 0.05) is 23.2 Å². The summed E-state index contributed by atoms with van der Waals surface area (Å²) in [5.74, 6) is -0.173. The van der Waals surface area contributed by atoms with E-state index < -0.39 is 10.0 Å². The Morgan fingerprint density at radius 3 is 2.75 bits per heavy atom. The van der Waals surface area contributed by atoms with Crippen LogP contribution >= 0.6 is 23.2 Å². The van der Waals surface area contributed by atoms with E-state index in [1.807, 2.05) is 18.2 Å². The highest BCUT2D eigenvalue weighted by atomic mass is 35.5. The van der Waals surface area contributed by atoms with E-state index in [1.165, 1.54) is 9.87 Å². The number of sulfonamides is 1. The van der Waals surface area contributed by atoms with E-state index in [-0.39, 0.29) is 17.7 Å². The van der Waals surface area contributed by atoms with Crippen molar-refractivity contribution < 1.29 is 13.2 Å². The zero-order valence-corrected chi connectivity index (χ0v) is 19.7. The second-order valence-electron chi connectivity index (χ2n) is 8.36. The minimum absolute atomic E-state index is 0.0908. The van der Waals surface area contributed by atoms with E-state index >= 15 is 0 Å². The molecule has 2 heterocycles. The Morgan fingerprint density at radius 2 is 1.94 bits per heavy atom. The number of nitrogens with zero attached hydrogens (tertiary/aromatic N) is 1. The summed E-state index contributed by atoms with van der Waals surface area (Å²) in [4.78, 5) is 16.6. The number of H-pyrrole nitrogens is 1. The third kappa shape index (κ3) is 3.76. The van der Waals surface area contributed by atoms with Gasteiger partial charge in [0.05, 0.1) is 33.0 Å². The molecule has 0 bridgehead atoms. The topological polar surface area (TPSA) is 82.3 Å². The third-order valence-electron chi connectivity index (χ3n) is 6.32. The monoisotopic (exact) mass is 491 g/mol. The van der Waals surface area contributed by atoms with Gasteiger partial charge in [-0.1, -0.05) is 35.3 Å². The lowest BCUT2D eigenvalue weighted by molar-refractivity contribution is 0.0932. The smallest absolute Gasteiger partial charge is 0.251 e. The minimum Gasteiger partial charge on any atom is -0.355 e. The van der Waals surface area contributed by atoms with Crippen LogP contribution in [-0.4, -0.2) is 31.6 Å². The summed E-state index contributed by atoms with van der Waals surface area (Å²) in [7, 11) is -3.43. The second-order valence-corrected chi connectivity index (χ2v) is 11.2. The molecule has 5 rings (SSSR count). The zero-order valence-electron chi connectivity index (χ0n) is 17.3. The van der Waals surface area contributed by atoms with Crippen molar-refractivity contribution in [1.29, 1.82) is 0 Å². The molecule has 0 spiro atoms. The van der Waals surface area contributed by atoms with Crippen molar-refractivity contribution in [3.05, 3.63) is 63.3 Å². The maximum absolute atomic E-state index is 13.2. The predicted octanol–water partition coefficient (Wildman–Crippen LogP) is 5.21. The lowest BCUT2D eigenvalue weighted by Gasteiger charge is -2.29. The molecule has 168 valence electrons. The number of anilines is 1. The number of para-hydroxylation sites is 1. The van der Waals surface area contributed by atoms with E-state index in [1.54, 1.807) is 18.2 Å². The number of fused-ring (bicyclic) bond motifs is 3. The molecule has 6 nitrogen and oxygen atoms in total. The van der Waals surface area contributed by atoms with Gasteiger partial charge < -0.3 is 10.3 Å². The van der Waals surface area contributed by atoms with Gasteiger partial charge in [0.2, 0.25) is 10.0 Å². The van der Waals surface area contributed by atoms with E-state index in [9.17, 15) is 13.2 Å². The van der Waals surface area contributed by atoms with Crippen molar-refractivity contribution in [3.8, 4) is 0 Å². The van der Waals surface area contributed by atoms with Gasteiger partial charge in [-0.05, 0) is 61.9 Å². The zero-order chi connectivity index (χ0) is 22.5. The molecule has 2 aromatic carbocycles. The van der Waals surface area contributed by atoms with Crippen LogP contribution in [0.4, 0.5) is 5.69 Å². The number of nitrogens with one attached hydrogen (secondary N) is 2. The van der Waals surface area contributed by atoms with E-state index in [0.717, 1.165) is 42.3 Å². The Hall–Kier alpha value is -2.22. The van der Waals surface area contributed by atoms with Crippen LogP contribution in [0.15, 0.2) is 36.4 Å². The molecule has 1 fully saturated rings. The molecule has 0 unspecified atom stereocenters. The molecular weight excluding hydrogens is 469 g/mol. The largest absolute Gasteiger partial charge is 0.355 e. The van der Waals surface area contributed by atoms with Gasteiger partial charge in [-0.3, -0.25) is 9.10 Å². The van der Waals surface area contributed by atoms with Crippen LogP contribution in [0.1, 0.15) is 53.3 Å². The van der Waals surface area contributed by atoms with Gasteiger partial charge >= 0.3 is 0 Å². The van der Waals surface area contributed by atoms with Gasteiger partial charge in [0.25, 0.3) is 5.91 Å². The molecule has 1 amide bonds. The van der Waals surface area contributed by atoms with Crippen LogP contribution in [0.2, 0.25) is 10.0 Å². The highest BCUT2D eigenvalue weighted by Crippen LogP contribution is 2.37. The number of hydrogen-bond donors (Lipinski definition) is 2. The maximum atomic E-state index is 13.2. The SMILES string of the molecule is O=C(N[C@@H]1CCCc2c1[nH]c1c(Cl)cccc21)c1ccc(Cl)c(N2CCCCS2(=O)=O)c1. The van der Waals surface area contributed by atoms with Crippen molar-refractivity contribution >= 4 is 55.7 Å². The van der Waals surface area contributed by atoms with Crippen molar-refractivity contribution in [2.75, 3.05) is 16.6 Å². The Bertz CT molecular complexity index is 1320. The van der Waals surface area contributed by atoms with Crippen LogP contribution in [0.3, 0.4) is 0 Å². The van der Waals surface area contributed by atoms with Gasteiger partial charge in [0.1, 0.15) is 0 Å². The quantitative estimate of drug-likeness (QED) is 0.527. The number of hydrogen-bond acceptors (Lipinski definition) is 3. The molecule has 0 saturated carbocycles. The van der Waals surface area contributed by atoms with Gasteiger partial charge in [0.15, 0.2) is 0 Å². The summed E-state index contributed by atoms with van der Waals surface area (Å²) in [6.45, 7) is 0.370. The van der Waals surface area contributed by atoms with Crippen LogP contribution in [0.5, 0.6) is 0 Å². The van der Waals surface area contributed by atoms with Crippen LogP contribution in [0.25, 0.3) is 10.9 Å². The van der Waals surface area contributed by atoms with Crippen molar-refractivity contribution in [2.24, 2.45) is 0 Å². The summed E-state index contributed by atoms with van der Waals surface area (Å²) in [5, 5.41) is 5.19. The molecular formula is C23H23Cl2N3O3S. The van der Waals surface area contributed by atoms with Crippen molar-refractivity contribution in [3.63, 3.8) is 0 Å². The summed E-state index contributed by atoms with van der Waals surface area (Å²) < 4.78 is 26.4. The standard InChI is InChI=1S/C23H23Cl2N3O3S/c24-17-10-9-14(13-20(17)28-11-1-2-12-32(28,30)31)23(29)26-19-8-4-6-16-15-5-3-7-18(25)21(15)27-22(16)19/h3,5,7,9-10,13,19,27H,1-2,4,6,8,11-12H2,(H,26,29)/t19-/m1/s1. The lowest BCUT2D eigenvalue weighted by Crippen LogP contribution is -2.38. The van der Waals surface area contributed by atoms with Crippen LogP contribution in [0, 0.1) is 0 Å². The minimum atomic E-state index is -3.43. The first-order chi connectivity index (χ1) is 15.3. The number of aromatic amines is 1. The molecule has 1 aromatic heterocycles. The first kappa shape index (κ1) is 21.6. The fourth-order valence-electron chi connectivity index (χ4n) is 4.74. The maximum Gasteiger partial charge on any atom is 0.251 e. The molecule has 2 aliphatic rings. The number of amides is 1. The number of halogens is 2. The molecule has 1 saturated heterocycles. The molecule has 1 atom stereocenters. The molecule has 0 radical (unpaired) electrons. The van der Waals surface area contributed by atoms with Gasteiger partial charge in [-0.2, -0.15) is 0 Å². The number of carbonyl (C=O) groups excluding carboxylic acids is 1. The summed E-state index contributed by atoms with van der Waals surface area (Å²) in [6, 6.07) is 10.5. The Kier molecular flexibility index (Phi) is 5.60. The fourth-order valence-corrected chi connectivity index (χ4v) is 6.88. The van der Waals surface area contributed by atoms with Crippen LogP contribution < -0.4 is 9.62 Å². The highest BCUT2D eigenvalue weighted by molar-refractivity contribution is 7.92. The summed E-state index contributed by atoms with van der Waals surface area (Å²) >= 11 is 12.7. The molecule has 1 aliphatic heterocycles. The highest BCUT2D eigenvalue weighted by Gasteiger charge is 2.30. The van der Waals surface area contributed by atoms with E-state index in [0.29, 0.717) is 34.3 Å². The summed E-state index contributed by atoms with van der Waals surface area (Å²) in [6.07, 6.45) is 4.09. The Balaban J connectivity index is 1.44. The third-order valence-corrected chi connectivity index (χ3v) is 8.81. The average Bonchev–Trinajstić information content (AvgIpc) is 3.15. The fraction of sp³-hybridized carbons (Fsp3) is 0.348. The average molecular weight is 492 g/mol. The van der Waals surface area contributed by atoms with Crippen molar-refractivity contribution in [1.82, 2.24) is 10.3 Å². The lowest BCUT2D eigenvalue weighted by atomic mass is 9.91. The molecule has 1 aliphatic carbocycles. The van der Waals surface area contributed by atoms with Crippen molar-refractivity contribution in [2.45, 2.75) is 38.1 Å². The number of benzene rings is 2. The first-order valence-corrected chi connectivity index (χ1v) is 13.1. The molecule has 9 heteroatoms. The molecule has 32 heavy (non-hydrogen) atoms.